The molecule has 8 nitrogen and oxygen atoms in total. The van der Waals surface area contributed by atoms with Crippen molar-refractivity contribution in [3.63, 3.8) is 0 Å². The Hall–Kier alpha value is -3.68. The number of rotatable bonds is 6. The number of hydrogen-bond acceptors (Lipinski definition) is 6. The van der Waals surface area contributed by atoms with E-state index in [1.807, 2.05) is 44.2 Å². The van der Waals surface area contributed by atoms with Crippen LogP contribution in [0.2, 0.25) is 0 Å². The first kappa shape index (κ1) is 18.7. The first-order valence-corrected chi connectivity index (χ1v) is 9.31. The highest BCUT2D eigenvalue weighted by molar-refractivity contribution is 6.00. The van der Waals surface area contributed by atoms with Crippen molar-refractivity contribution in [1.29, 1.82) is 0 Å². The van der Waals surface area contributed by atoms with E-state index in [1.165, 1.54) is 10.7 Å². The Bertz CT molecular complexity index is 1130. The lowest BCUT2D eigenvalue weighted by Gasteiger charge is -2.26. The van der Waals surface area contributed by atoms with Crippen LogP contribution < -0.4 is 10.6 Å². The summed E-state index contributed by atoms with van der Waals surface area (Å²) < 4.78 is 6.90. The van der Waals surface area contributed by atoms with Crippen molar-refractivity contribution in [3.05, 3.63) is 66.1 Å². The summed E-state index contributed by atoms with van der Waals surface area (Å²) in [4.78, 5) is 21.9. The third kappa shape index (κ3) is 3.82. The van der Waals surface area contributed by atoms with Gasteiger partial charge < -0.3 is 15.1 Å². The van der Waals surface area contributed by atoms with E-state index in [4.69, 9.17) is 4.42 Å². The van der Waals surface area contributed by atoms with Gasteiger partial charge in [0.05, 0.1) is 6.26 Å². The maximum atomic E-state index is 13.1. The van der Waals surface area contributed by atoms with Gasteiger partial charge in [0.1, 0.15) is 5.56 Å². The summed E-state index contributed by atoms with van der Waals surface area (Å²) in [6.07, 6.45) is 3.76. The van der Waals surface area contributed by atoms with Crippen molar-refractivity contribution in [3.8, 4) is 11.6 Å². The molecular weight excluding hydrogens is 368 g/mol. The van der Waals surface area contributed by atoms with E-state index in [2.05, 4.69) is 25.7 Å². The van der Waals surface area contributed by atoms with Crippen molar-refractivity contribution in [2.45, 2.75) is 25.8 Å². The van der Waals surface area contributed by atoms with Crippen LogP contribution in [0.5, 0.6) is 0 Å². The highest BCUT2D eigenvalue weighted by Crippen LogP contribution is 2.21. The minimum Gasteiger partial charge on any atom is -0.461 e. The second-order valence-corrected chi connectivity index (χ2v) is 7.39. The molecule has 0 aliphatic rings. The summed E-state index contributed by atoms with van der Waals surface area (Å²) in [6.45, 7) is 3.98. The number of aromatic nitrogens is 4. The van der Waals surface area contributed by atoms with Crippen LogP contribution in [-0.2, 0) is 6.42 Å². The summed E-state index contributed by atoms with van der Waals surface area (Å²) in [7, 11) is 1.73. The van der Waals surface area contributed by atoms with Gasteiger partial charge in [-0.1, -0.05) is 30.3 Å². The van der Waals surface area contributed by atoms with Gasteiger partial charge in [-0.25, -0.2) is 9.97 Å². The van der Waals surface area contributed by atoms with Gasteiger partial charge in [0, 0.05) is 18.8 Å². The first-order chi connectivity index (χ1) is 14.0. The number of amides is 1. The van der Waals surface area contributed by atoms with Crippen LogP contribution in [0.15, 0.2) is 59.3 Å². The Morgan fingerprint density at radius 1 is 1.17 bits per heavy atom. The molecule has 1 amide bonds. The summed E-state index contributed by atoms with van der Waals surface area (Å²) in [5.41, 5.74) is 1.44. The molecule has 0 aliphatic carbocycles. The Morgan fingerprint density at radius 3 is 2.66 bits per heavy atom. The van der Waals surface area contributed by atoms with Gasteiger partial charge in [0.25, 0.3) is 5.91 Å². The fourth-order valence-electron chi connectivity index (χ4n) is 3.24. The summed E-state index contributed by atoms with van der Waals surface area (Å²) >= 11 is 0. The molecule has 0 aliphatic heterocycles. The number of carbonyl (C=O) groups excluding carboxylic acids is 1. The molecule has 29 heavy (non-hydrogen) atoms. The molecule has 0 spiro atoms. The van der Waals surface area contributed by atoms with E-state index in [0.29, 0.717) is 35.2 Å². The van der Waals surface area contributed by atoms with Crippen molar-refractivity contribution >= 4 is 17.5 Å². The standard InChI is InChI=1S/C21H22N6O2/c1-21(2,12-14-8-5-4-6-9-14)25-19(28)15-13-23-20(22-3)27-18(15)24-17(26-27)16-10-7-11-29-16/h4-11,13H,12H2,1-3H3,(H,22,23)(H,25,28). The molecule has 0 bridgehead atoms. The number of anilines is 1. The number of carbonyl (C=O) groups is 1. The Kier molecular flexibility index (Phi) is 4.75. The van der Waals surface area contributed by atoms with E-state index in [0.717, 1.165) is 5.56 Å². The Labute approximate surface area is 168 Å². The van der Waals surface area contributed by atoms with Crippen LogP contribution in [0.3, 0.4) is 0 Å². The zero-order valence-electron chi connectivity index (χ0n) is 16.5. The Morgan fingerprint density at radius 2 is 1.97 bits per heavy atom. The van der Waals surface area contributed by atoms with E-state index in [-0.39, 0.29) is 5.91 Å². The fourth-order valence-corrected chi connectivity index (χ4v) is 3.24. The average Bonchev–Trinajstić information content (AvgIpc) is 3.36. The molecule has 0 radical (unpaired) electrons. The van der Waals surface area contributed by atoms with E-state index in [1.54, 1.807) is 25.4 Å². The van der Waals surface area contributed by atoms with Gasteiger partial charge in [-0.15, -0.1) is 5.10 Å². The smallest absolute Gasteiger partial charge is 0.257 e. The van der Waals surface area contributed by atoms with Gasteiger partial charge in [-0.3, -0.25) is 4.79 Å². The summed E-state index contributed by atoms with van der Waals surface area (Å²) in [5, 5.41) is 10.5. The predicted octanol–water partition coefficient (Wildman–Crippen LogP) is 3.18. The van der Waals surface area contributed by atoms with Crippen molar-refractivity contribution in [1.82, 2.24) is 24.9 Å². The lowest BCUT2D eigenvalue weighted by Crippen LogP contribution is -2.45. The minimum atomic E-state index is -0.457. The molecule has 148 valence electrons. The molecule has 3 aromatic heterocycles. The molecule has 1 aromatic carbocycles. The number of benzene rings is 1. The quantitative estimate of drug-likeness (QED) is 0.525. The second kappa shape index (κ2) is 7.38. The monoisotopic (exact) mass is 390 g/mol. The molecule has 2 N–H and O–H groups in total. The summed E-state index contributed by atoms with van der Waals surface area (Å²) in [6, 6.07) is 13.6. The zero-order valence-corrected chi connectivity index (χ0v) is 16.5. The maximum absolute atomic E-state index is 13.1. The number of nitrogens with zero attached hydrogens (tertiary/aromatic N) is 4. The fraction of sp³-hybridized carbons (Fsp3) is 0.238. The van der Waals surface area contributed by atoms with Crippen molar-refractivity contribution < 1.29 is 9.21 Å². The van der Waals surface area contributed by atoms with Gasteiger partial charge in [-0.2, -0.15) is 4.52 Å². The van der Waals surface area contributed by atoms with Crippen LogP contribution in [0.4, 0.5) is 5.95 Å². The minimum absolute atomic E-state index is 0.260. The van der Waals surface area contributed by atoms with Gasteiger partial charge >= 0.3 is 0 Å². The number of nitrogens with one attached hydrogen (secondary N) is 2. The number of hydrogen-bond donors (Lipinski definition) is 2. The third-order valence-corrected chi connectivity index (χ3v) is 4.52. The highest BCUT2D eigenvalue weighted by atomic mass is 16.3. The molecule has 0 unspecified atom stereocenters. The number of fused-ring (bicyclic) bond motifs is 1. The molecule has 0 fully saturated rings. The van der Waals surface area contributed by atoms with Crippen LogP contribution in [0.25, 0.3) is 17.2 Å². The first-order valence-electron chi connectivity index (χ1n) is 9.31. The van der Waals surface area contributed by atoms with E-state index >= 15 is 0 Å². The molecule has 3 heterocycles. The normalized spacial score (nSPS) is 11.6. The van der Waals surface area contributed by atoms with Crippen LogP contribution in [-0.4, -0.2) is 38.1 Å². The number of furan rings is 1. The largest absolute Gasteiger partial charge is 0.461 e. The third-order valence-electron chi connectivity index (χ3n) is 4.52. The SMILES string of the molecule is CNc1ncc(C(=O)NC(C)(C)Cc2ccccc2)c2nc(-c3ccco3)nn12. The molecule has 4 aromatic rings. The molecule has 0 saturated heterocycles. The molecule has 8 heteroatoms. The van der Waals surface area contributed by atoms with Crippen LogP contribution >= 0.6 is 0 Å². The van der Waals surface area contributed by atoms with Gasteiger partial charge in [-0.05, 0) is 38.0 Å². The van der Waals surface area contributed by atoms with Crippen molar-refractivity contribution in [2.75, 3.05) is 12.4 Å². The predicted molar refractivity (Wildman–Crippen MR) is 110 cm³/mol. The van der Waals surface area contributed by atoms with E-state index in [9.17, 15) is 4.79 Å². The second-order valence-electron chi connectivity index (χ2n) is 7.39. The molecule has 0 saturated carbocycles. The topological polar surface area (TPSA) is 97.3 Å². The van der Waals surface area contributed by atoms with Gasteiger partial charge in [0.15, 0.2) is 11.4 Å². The average molecular weight is 390 g/mol. The Balaban J connectivity index is 1.67. The zero-order chi connectivity index (χ0) is 20.4. The molecular formula is C21H22N6O2. The lowest BCUT2D eigenvalue weighted by atomic mass is 9.94. The van der Waals surface area contributed by atoms with Gasteiger partial charge in [0.2, 0.25) is 11.8 Å². The molecule has 0 atom stereocenters. The highest BCUT2D eigenvalue weighted by Gasteiger charge is 2.25. The van der Waals surface area contributed by atoms with Crippen molar-refractivity contribution in [2.24, 2.45) is 0 Å². The lowest BCUT2D eigenvalue weighted by molar-refractivity contribution is 0.0914. The molecule has 4 rings (SSSR count). The maximum Gasteiger partial charge on any atom is 0.257 e. The van der Waals surface area contributed by atoms with Crippen LogP contribution in [0, 0.1) is 0 Å². The van der Waals surface area contributed by atoms with E-state index < -0.39 is 5.54 Å². The summed E-state index contributed by atoms with van der Waals surface area (Å²) in [5.74, 6) is 1.12. The van der Waals surface area contributed by atoms with Crippen LogP contribution in [0.1, 0.15) is 29.8 Å².